The van der Waals surface area contributed by atoms with Crippen LogP contribution in [-0.4, -0.2) is 35.6 Å². The van der Waals surface area contributed by atoms with E-state index >= 15 is 0 Å². The van der Waals surface area contributed by atoms with Gasteiger partial charge in [0, 0.05) is 24.1 Å². The molecule has 1 aromatic rings. The Hall–Kier alpha value is -0.610. The monoisotopic (exact) mass is 284 g/mol. The topological polar surface area (TPSA) is 25.4 Å². The Morgan fingerprint density at radius 1 is 1.50 bits per heavy atom. The van der Waals surface area contributed by atoms with Crippen molar-refractivity contribution in [2.24, 2.45) is 0 Å². The van der Waals surface area contributed by atoms with Crippen molar-refractivity contribution in [2.45, 2.75) is 26.1 Å². The number of aryl methyl sites for hydroxylation is 1. The molecule has 0 aliphatic carbocycles. The van der Waals surface area contributed by atoms with Crippen LogP contribution < -0.4 is 4.90 Å². The van der Waals surface area contributed by atoms with E-state index in [-0.39, 0.29) is 12.2 Å². The number of nitrogens with zero attached hydrogens (tertiary/aromatic N) is 2. The molecule has 1 saturated heterocycles. The van der Waals surface area contributed by atoms with E-state index < -0.39 is 0 Å². The fourth-order valence-corrected chi connectivity index (χ4v) is 2.38. The lowest BCUT2D eigenvalue weighted by Gasteiger charge is -2.37. The normalized spacial score (nSPS) is 25.8. The van der Waals surface area contributed by atoms with Crippen LogP contribution in [-0.2, 0) is 4.74 Å². The predicted octanol–water partition coefficient (Wildman–Crippen LogP) is 2.38. The second-order valence-electron chi connectivity index (χ2n) is 4.27. The molecule has 88 valence electrons. The lowest BCUT2D eigenvalue weighted by atomic mass is 10.2. The molecule has 0 radical (unpaired) electrons. The molecule has 0 aromatic carbocycles. The first-order valence-electron chi connectivity index (χ1n) is 5.59. The van der Waals surface area contributed by atoms with Crippen LogP contribution in [0.5, 0.6) is 0 Å². The second-order valence-corrected chi connectivity index (χ2v) is 4.91. The van der Waals surface area contributed by atoms with E-state index in [1.54, 1.807) is 0 Å². The zero-order valence-corrected chi connectivity index (χ0v) is 11.3. The molecule has 1 aromatic heterocycles. The first-order valence-corrected chi connectivity index (χ1v) is 6.71. The van der Waals surface area contributed by atoms with Gasteiger partial charge in [-0.25, -0.2) is 4.98 Å². The van der Waals surface area contributed by atoms with Crippen LogP contribution in [0, 0.1) is 6.92 Å². The summed E-state index contributed by atoms with van der Waals surface area (Å²) in [6.07, 6.45) is 0.518. The Morgan fingerprint density at radius 2 is 2.31 bits per heavy atom. The van der Waals surface area contributed by atoms with Gasteiger partial charge in [-0.15, -0.1) is 0 Å². The van der Waals surface area contributed by atoms with Crippen molar-refractivity contribution in [1.82, 2.24) is 4.98 Å². The smallest absolute Gasteiger partial charge is 0.128 e. The average molecular weight is 285 g/mol. The maximum atomic E-state index is 5.80. The minimum atomic E-state index is 0.256. The molecule has 0 N–H and O–H groups in total. The van der Waals surface area contributed by atoms with Gasteiger partial charge in [0.15, 0.2) is 0 Å². The molecule has 0 spiro atoms. The molecule has 1 fully saturated rings. The molecule has 16 heavy (non-hydrogen) atoms. The molecule has 2 heterocycles. The van der Waals surface area contributed by atoms with Gasteiger partial charge in [0.2, 0.25) is 0 Å². The molecule has 1 aliphatic heterocycles. The van der Waals surface area contributed by atoms with Crippen molar-refractivity contribution in [3.63, 3.8) is 0 Å². The van der Waals surface area contributed by atoms with Gasteiger partial charge in [-0.1, -0.05) is 22.0 Å². The zero-order valence-electron chi connectivity index (χ0n) is 9.69. The van der Waals surface area contributed by atoms with Crippen LogP contribution in [0.25, 0.3) is 0 Å². The number of hydrogen-bond donors (Lipinski definition) is 0. The van der Waals surface area contributed by atoms with Crippen LogP contribution in [0.4, 0.5) is 5.82 Å². The van der Waals surface area contributed by atoms with E-state index in [9.17, 15) is 0 Å². The molecular weight excluding hydrogens is 268 g/mol. The third-order valence-corrected chi connectivity index (χ3v) is 3.42. The Labute approximate surface area is 105 Å². The summed E-state index contributed by atoms with van der Waals surface area (Å²) in [5.41, 5.74) is 1.06. The highest BCUT2D eigenvalue weighted by Crippen LogP contribution is 2.19. The van der Waals surface area contributed by atoms with Crippen LogP contribution in [0.3, 0.4) is 0 Å². The third-order valence-electron chi connectivity index (χ3n) is 2.70. The molecular formula is C12H17BrN2O. The molecule has 3 nitrogen and oxygen atoms in total. The minimum absolute atomic E-state index is 0.256. The van der Waals surface area contributed by atoms with Crippen LogP contribution in [0.15, 0.2) is 18.2 Å². The fourth-order valence-electron chi connectivity index (χ4n) is 2.02. The molecule has 2 unspecified atom stereocenters. The zero-order chi connectivity index (χ0) is 11.5. The maximum absolute atomic E-state index is 5.80. The minimum Gasteiger partial charge on any atom is -0.371 e. The highest BCUT2D eigenvalue weighted by molar-refractivity contribution is 9.09. The number of alkyl halides is 1. The summed E-state index contributed by atoms with van der Waals surface area (Å²) in [6, 6.07) is 6.15. The highest BCUT2D eigenvalue weighted by Gasteiger charge is 2.25. The second kappa shape index (κ2) is 5.15. The SMILES string of the molecule is Cc1cccc(N2CC(C)OC(CBr)C2)n1. The van der Waals surface area contributed by atoms with Gasteiger partial charge in [0.25, 0.3) is 0 Å². The molecule has 0 saturated carbocycles. The number of morpholine rings is 1. The largest absolute Gasteiger partial charge is 0.371 e. The lowest BCUT2D eigenvalue weighted by Crippen LogP contribution is -2.47. The van der Waals surface area contributed by atoms with Crippen LogP contribution in [0.2, 0.25) is 0 Å². The molecule has 0 amide bonds. The number of pyridine rings is 1. The maximum Gasteiger partial charge on any atom is 0.128 e. The van der Waals surface area contributed by atoms with Gasteiger partial charge < -0.3 is 9.64 Å². The summed E-state index contributed by atoms with van der Waals surface area (Å²) in [6.45, 7) is 5.96. The summed E-state index contributed by atoms with van der Waals surface area (Å²) < 4.78 is 5.80. The number of ether oxygens (including phenoxy) is 1. The number of rotatable bonds is 2. The van der Waals surface area contributed by atoms with Crippen LogP contribution >= 0.6 is 15.9 Å². The summed E-state index contributed by atoms with van der Waals surface area (Å²) in [7, 11) is 0. The quantitative estimate of drug-likeness (QED) is 0.780. The standard InChI is InChI=1S/C12H17BrN2O/c1-9-4-3-5-12(14-9)15-7-10(2)16-11(6-13)8-15/h3-5,10-11H,6-8H2,1-2H3. The predicted molar refractivity (Wildman–Crippen MR) is 69.3 cm³/mol. The van der Waals surface area contributed by atoms with Gasteiger partial charge in [-0.05, 0) is 26.0 Å². The Bertz CT molecular complexity index is 359. The molecule has 2 atom stereocenters. The lowest BCUT2D eigenvalue weighted by molar-refractivity contribution is -0.00223. The van der Waals surface area contributed by atoms with Crippen molar-refractivity contribution in [2.75, 3.05) is 23.3 Å². The van der Waals surface area contributed by atoms with E-state index in [0.717, 1.165) is 29.9 Å². The van der Waals surface area contributed by atoms with E-state index in [4.69, 9.17) is 4.74 Å². The van der Waals surface area contributed by atoms with Crippen molar-refractivity contribution in [1.29, 1.82) is 0 Å². The average Bonchev–Trinajstić information content (AvgIpc) is 2.28. The van der Waals surface area contributed by atoms with Gasteiger partial charge in [0.05, 0.1) is 12.2 Å². The third kappa shape index (κ3) is 2.74. The molecule has 0 bridgehead atoms. The van der Waals surface area contributed by atoms with Crippen molar-refractivity contribution >= 4 is 21.7 Å². The number of hydrogen-bond acceptors (Lipinski definition) is 3. The van der Waals surface area contributed by atoms with Gasteiger partial charge in [-0.2, -0.15) is 0 Å². The number of anilines is 1. The molecule has 1 aliphatic rings. The Kier molecular flexibility index (Phi) is 3.82. The van der Waals surface area contributed by atoms with E-state index in [2.05, 4.69) is 44.9 Å². The van der Waals surface area contributed by atoms with E-state index in [0.29, 0.717) is 0 Å². The first-order chi connectivity index (χ1) is 7.69. The van der Waals surface area contributed by atoms with E-state index in [1.807, 2.05) is 13.0 Å². The van der Waals surface area contributed by atoms with Crippen molar-refractivity contribution < 1.29 is 4.74 Å². The van der Waals surface area contributed by atoms with Gasteiger partial charge in [0.1, 0.15) is 5.82 Å². The van der Waals surface area contributed by atoms with E-state index in [1.165, 1.54) is 0 Å². The summed E-state index contributed by atoms with van der Waals surface area (Å²) in [5, 5.41) is 0.875. The number of aromatic nitrogens is 1. The van der Waals surface area contributed by atoms with Gasteiger partial charge in [-0.3, -0.25) is 0 Å². The summed E-state index contributed by atoms with van der Waals surface area (Å²) in [4.78, 5) is 6.85. The molecule has 4 heteroatoms. The Morgan fingerprint density at radius 3 is 3.00 bits per heavy atom. The van der Waals surface area contributed by atoms with Crippen molar-refractivity contribution in [3.05, 3.63) is 23.9 Å². The summed E-state index contributed by atoms with van der Waals surface area (Å²) in [5.74, 6) is 1.06. The first kappa shape index (κ1) is 11.9. The van der Waals surface area contributed by atoms with Crippen molar-refractivity contribution in [3.8, 4) is 0 Å². The Balaban J connectivity index is 2.14. The fraction of sp³-hybridized carbons (Fsp3) is 0.583. The number of halogens is 1. The molecule has 2 rings (SSSR count). The van der Waals surface area contributed by atoms with Gasteiger partial charge >= 0.3 is 0 Å². The summed E-state index contributed by atoms with van der Waals surface area (Å²) >= 11 is 3.48. The highest BCUT2D eigenvalue weighted by atomic mass is 79.9. The van der Waals surface area contributed by atoms with Crippen LogP contribution in [0.1, 0.15) is 12.6 Å².